The van der Waals surface area contributed by atoms with Crippen molar-refractivity contribution in [3.63, 3.8) is 0 Å². The third-order valence-electron chi connectivity index (χ3n) is 6.37. The lowest BCUT2D eigenvalue weighted by Gasteiger charge is -2.25. The summed E-state index contributed by atoms with van der Waals surface area (Å²) in [6, 6.07) is 8.32. The molecule has 1 amide bonds. The van der Waals surface area contributed by atoms with Crippen molar-refractivity contribution in [1.82, 2.24) is 15.2 Å². The smallest absolute Gasteiger partial charge is 0.326 e. The molecule has 2 atom stereocenters. The number of carbonyl (C=O) groups is 2. The number of benzene rings is 1. The lowest BCUT2D eigenvalue weighted by molar-refractivity contribution is -0.139. The second-order valence-corrected chi connectivity index (χ2v) is 9.28. The Kier molecular flexibility index (Phi) is 11.2. The number of amides is 1. The number of methoxy groups -OCH3 is 1. The van der Waals surface area contributed by atoms with Crippen LogP contribution in [0.1, 0.15) is 47.3 Å². The zero-order valence-corrected chi connectivity index (χ0v) is 21.2. The number of fused-ring (bicyclic) bond motifs is 1. The number of aliphatic carboxylic acids is 1. The van der Waals surface area contributed by atoms with Crippen LogP contribution in [0.15, 0.2) is 36.4 Å². The van der Waals surface area contributed by atoms with E-state index in [0.717, 1.165) is 56.2 Å². The first-order chi connectivity index (χ1) is 17.9. The number of halogens is 2. The SMILES string of the molecule is COCC(F)CN(CCCCc1ccc2c(n1)NCCC2)CCC(NC(=O)c1ccccc1F)C(=O)O. The highest BCUT2D eigenvalue weighted by atomic mass is 19.1. The summed E-state index contributed by atoms with van der Waals surface area (Å²) in [7, 11) is 1.43. The summed E-state index contributed by atoms with van der Waals surface area (Å²) in [5.74, 6) is -1.80. The Morgan fingerprint density at radius 3 is 2.78 bits per heavy atom. The highest BCUT2D eigenvalue weighted by Crippen LogP contribution is 2.20. The van der Waals surface area contributed by atoms with Crippen molar-refractivity contribution in [2.75, 3.05) is 45.2 Å². The van der Waals surface area contributed by atoms with E-state index in [2.05, 4.69) is 22.8 Å². The number of nitrogens with one attached hydrogen (secondary N) is 2. The Bertz CT molecular complexity index is 1040. The summed E-state index contributed by atoms with van der Waals surface area (Å²) in [5.41, 5.74) is 2.02. The molecule has 1 aromatic carbocycles. The van der Waals surface area contributed by atoms with Crippen LogP contribution in [0, 0.1) is 5.82 Å². The first-order valence-corrected chi connectivity index (χ1v) is 12.7. The van der Waals surface area contributed by atoms with E-state index < -0.39 is 29.9 Å². The number of ether oxygens (including phenoxy) is 1. The molecular weight excluding hydrogens is 482 g/mol. The number of carboxylic acid groups (broad SMARTS) is 1. The molecule has 37 heavy (non-hydrogen) atoms. The normalized spacial score (nSPS) is 14.5. The van der Waals surface area contributed by atoms with Crippen molar-refractivity contribution in [3.05, 3.63) is 59.0 Å². The van der Waals surface area contributed by atoms with E-state index >= 15 is 0 Å². The highest BCUT2D eigenvalue weighted by molar-refractivity contribution is 5.96. The fourth-order valence-electron chi connectivity index (χ4n) is 4.41. The largest absolute Gasteiger partial charge is 0.480 e. The van der Waals surface area contributed by atoms with Gasteiger partial charge in [0.05, 0.1) is 12.2 Å². The lowest BCUT2D eigenvalue weighted by atomic mass is 10.1. The molecule has 10 heteroatoms. The molecule has 0 radical (unpaired) electrons. The molecule has 1 aliphatic rings. The van der Waals surface area contributed by atoms with Gasteiger partial charge in [0.25, 0.3) is 5.91 Å². The van der Waals surface area contributed by atoms with E-state index in [-0.39, 0.29) is 31.7 Å². The van der Waals surface area contributed by atoms with E-state index in [1.165, 1.54) is 30.9 Å². The second-order valence-electron chi connectivity index (χ2n) is 9.28. The molecular formula is C27H36F2N4O4. The van der Waals surface area contributed by atoms with Crippen LogP contribution in [-0.4, -0.2) is 79.0 Å². The van der Waals surface area contributed by atoms with Crippen molar-refractivity contribution >= 4 is 17.7 Å². The number of hydrogen-bond acceptors (Lipinski definition) is 6. The van der Waals surface area contributed by atoms with Crippen molar-refractivity contribution in [1.29, 1.82) is 0 Å². The molecule has 0 spiro atoms. The number of aryl methyl sites for hydroxylation is 2. The van der Waals surface area contributed by atoms with Crippen LogP contribution in [0.3, 0.4) is 0 Å². The number of nitrogens with zero attached hydrogens (tertiary/aromatic N) is 2. The van der Waals surface area contributed by atoms with Crippen molar-refractivity contribution < 1.29 is 28.2 Å². The van der Waals surface area contributed by atoms with Crippen LogP contribution in [0.25, 0.3) is 0 Å². The van der Waals surface area contributed by atoms with Gasteiger partial charge in [0, 0.05) is 32.4 Å². The first kappa shape index (κ1) is 28.5. The van der Waals surface area contributed by atoms with E-state index in [9.17, 15) is 23.5 Å². The van der Waals surface area contributed by atoms with Gasteiger partial charge in [0.15, 0.2) is 0 Å². The maximum absolute atomic E-state index is 14.3. The number of hydrogen-bond donors (Lipinski definition) is 3. The summed E-state index contributed by atoms with van der Waals surface area (Å²) < 4.78 is 33.2. The summed E-state index contributed by atoms with van der Waals surface area (Å²) in [5, 5.41) is 15.3. The molecule has 1 aliphatic heterocycles. The standard InChI is InChI=1S/C27H36F2N4O4/c1-37-18-20(28)17-33(15-5-4-8-21-12-11-19-7-6-14-30-25(19)31-21)16-13-24(27(35)36)32-26(34)22-9-2-3-10-23(22)29/h2-3,9-12,20,24H,4-8,13-18H2,1H3,(H,30,31)(H,32,34)(H,35,36). The number of carbonyl (C=O) groups excluding carboxylic acids is 1. The molecule has 0 saturated carbocycles. The predicted molar refractivity (Wildman–Crippen MR) is 137 cm³/mol. The zero-order chi connectivity index (χ0) is 26.6. The van der Waals surface area contributed by atoms with Gasteiger partial charge in [-0.2, -0.15) is 0 Å². The molecule has 3 rings (SSSR count). The third-order valence-corrected chi connectivity index (χ3v) is 6.37. The third kappa shape index (κ3) is 9.05. The summed E-state index contributed by atoms with van der Waals surface area (Å²) in [6.07, 6.45) is 3.37. The summed E-state index contributed by atoms with van der Waals surface area (Å²) in [4.78, 5) is 30.7. The van der Waals surface area contributed by atoms with Crippen LogP contribution >= 0.6 is 0 Å². The Morgan fingerprint density at radius 1 is 1.22 bits per heavy atom. The van der Waals surface area contributed by atoms with Crippen LogP contribution in [0.2, 0.25) is 0 Å². The van der Waals surface area contributed by atoms with E-state index in [0.29, 0.717) is 6.54 Å². The fraction of sp³-hybridized carbons (Fsp3) is 0.519. The van der Waals surface area contributed by atoms with Crippen molar-refractivity contribution in [3.8, 4) is 0 Å². The molecule has 0 aliphatic carbocycles. The molecule has 0 fully saturated rings. The number of carboxylic acids is 1. The Labute approximate surface area is 216 Å². The summed E-state index contributed by atoms with van der Waals surface area (Å²) >= 11 is 0. The topological polar surface area (TPSA) is 104 Å². The molecule has 2 aromatic rings. The second kappa shape index (κ2) is 14.6. The van der Waals surface area contributed by atoms with Crippen molar-refractivity contribution in [2.24, 2.45) is 0 Å². The van der Waals surface area contributed by atoms with E-state index in [1.54, 1.807) is 0 Å². The van der Waals surface area contributed by atoms with Crippen molar-refractivity contribution in [2.45, 2.75) is 50.7 Å². The number of alkyl halides is 1. The van der Waals surface area contributed by atoms with Crippen LogP contribution in [-0.2, 0) is 22.4 Å². The molecule has 2 heterocycles. The van der Waals surface area contributed by atoms with Gasteiger partial charge in [-0.3, -0.25) is 4.79 Å². The van der Waals surface area contributed by atoms with Crippen LogP contribution in [0.5, 0.6) is 0 Å². The zero-order valence-electron chi connectivity index (χ0n) is 21.2. The molecule has 202 valence electrons. The fourth-order valence-corrected chi connectivity index (χ4v) is 4.41. The van der Waals surface area contributed by atoms with Gasteiger partial charge in [-0.05, 0) is 68.8 Å². The Hall–Kier alpha value is -3.11. The molecule has 1 aromatic heterocycles. The molecule has 0 saturated heterocycles. The van der Waals surface area contributed by atoms with Gasteiger partial charge >= 0.3 is 5.97 Å². The maximum Gasteiger partial charge on any atom is 0.326 e. The Morgan fingerprint density at radius 2 is 2.03 bits per heavy atom. The van der Waals surface area contributed by atoms with Gasteiger partial charge < -0.3 is 25.4 Å². The Balaban J connectivity index is 1.53. The van der Waals surface area contributed by atoms with Gasteiger partial charge in [-0.25, -0.2) is 18.6 Å². The number of anilines is 1. The van der Waals surface area contributed by atoms with Crippen LogP contribution < -0.4 is 10.6 Å². The molecule has 8 nitrogen and oxygen atoms in total. The number of rotatable bonds is 15. The molecule has 2 unspecified atom stereocenters. The maximum atomic E-state index is 14.3. The number of pyridine rings is 1. The van der Waals surface area contributed by atoms with E-state index in [4.69, 9.17) is 9.72 Å². The monoisotopic (exact) mass is 518 g/mol. The van der Waals surface area contributed by atoms with Gasteiger partial charge in [-0.1, -0.05) is 18.2 Å². The molecule has 0 bridgehead atoms. The quantitative estimate of drug-likeness (QED) is 0.310. The number of aromatic nitrogens is 1. The highest BCUT2D eigenvalue weighted by Gasteiger charge is 2.24. The first-order valence-electron chi connectivity index (χ1n) is 12.7. The average molecular weight is 519 g/mol. The lowest BCUT2D eigenvalue weighted by Crippen LogP contribution is -2.44. The minimum atomic E-state index is -1.23. The van der Waals surface area contributed by atoms with E-state index in [1.807, 2.05) is 4.90 Å². The summed E-state index contributed by atoms with van der Waals surface area (Å²) in [6.45, 7) is 1.76. The minimum Gasteiger partial charge on any atom is -0.480 e. The average Bonchev–Trinajstić information content (AvgIpc) is 2.88. The van der Waals surface area contributed by atoms with Crippen LogP contribution in [0.4, 0.5) is 14.6 Å². The predicted octanol–water partition coefficient (Wildman–Crippen LogP) is 3.46. The molecule has 3 N–H and O–H groups in total. The van der Waals surface area contributed by atoms with Gasteiger partial charge in [-0.15, -0.1) is 0 Å². The minimum absolute atomic E-state index is 0.0489. The van der Waals surface area contributed by atoms with Gasteiger partial charge in [0.2, 0.25) is 0 Å². The van der Waals surface area contributed by atoms with Gasteiger partial charge in [0.1, 0.15) is 23.8 Å². The number of unbranched alkanes of at least 4 members (excludes halogenated alkanes) is 1.